The summed E-state index contributed by atoms with van der Waals surface area (Å²) in [5.74, 6) is 0. The summed E-state index contributed by atoms with van der Waals surface area (Å²) in [6, 6.07) is 0. The first-order valence-electron chi connectivity index (χ1n) is 0.286. The quantitative estimate of drug-likeness (QED) is 0.534. The van der Waals surface area contributed by atoms with Crippen molar-refractivity contribution in [2.45, 2.75) is 0 Å². The van der Waals surface area contributed by atoms with Crippen molar-refractivity contribution in [3.63, 3.8) is 0 Å². The minimum Gasteiger partial charge on any atom is 0 e. The molecule has 0 aliphatic rings. The maximum atomic E-state index is 2.75. The molecule has 0 nitrogen and oxygen atoms in total. The van der Waals surface area contributed by atoms with E-state index in [1.54, 1.807) is 0 Å². The summed E-state index contributed by atoms with van der Waals surface area (Å²) in [5.41, 5.74) is 0. The minimum atomic E-state index is 2.12. The molecule has 0 heterocycles. The molecule has 0 aromatic rings. The van der Waals surface area contributed by atoms with E-state index in [1.165, 1.54) is 0 Å². The Morgan fingerprint density at radius 2 is 1.00 bits per heavy atom. The molecule has 0 saturated carbocycles. The highest BCUT2D eigenvalue weighted by molar-refractivity contribution is 15.0. The number of rotatable bonds is 0. The molecule has 0 bridgehead atoms. The van der Waals surface area contributed by atoms with Crippen LogP contribution >= 0.6 is 65.5 Å². The van der Waals surface area contributed by atoms with E-state index < -0.39 is 0 Å². The van der Waals surface area contributed by atoms with Gasteiger partial charge < -0.3 is 0 Å². The summed E-state index contributed by atoms with van der Waals surface area (Å²) < 4.78 is 0. The molecular formula is Br2I2. The second-order valence-electron chi connectivity index (χ2n) is 0. The molecule has 4 heavy (non-hydrogen) atoms. The molecule has 0 spiro atoms. The Balaban J connectivity index is 0. The van der Waals surface area contributed by atoms with E-state index in [1.807, 2.05) is 0 Å². The highest BCUT2D eigenvalue weighted by Gasteiger charge is 1.00. The fourth-order valence-corrected chi connectivity index (χ4v) is 0. The number of halogens is 4. The van der Waals surface area contributed by atoms with Gasteiger partial charge in [0.2, 0.25) is 0 Å². The Hall–Kier alpha value is 2.42. The van der Waals surface area contributed by atoms with Gasteiger partial charge in [-0.25, -0.2) is 0 Å². The van der Waals surface area contributed by atoms with Crippen molar-refractivity contribution in [3.05, 3.63) is 0 Å². The van der Waals surface area contributed by atoms with Crippen molar-refractivity contribution in [2.75, 3.05) is 0 Å². The Bertz CT molecular complexity index is 4.00. The maximum Gasteiger partial charge on any atom is 0 e. The molecule has 0 amide bonds. The van der Waals surface area contributed by atoms with Crippen LogP contribution in [0.25, 0.3) is 0 Å². The van der Waals surface area contributed by atoms with Gasteiger partial charge in [0.1, 0.15) is 0 Å². The zero-order chi connectivity index (χ0) is 4.00. The van der Waals surface area contributed by atoms with Crippen molar-refractivity contribution in [2.24, 2.45) is 0 Å². The number of hydrogen-bond acceptors (Lipinski definition) is 0. The Kier molecular flexibility index (Phi) is 43.6. The van der Waals surface area contributed by atoms with E-state index >= 15 is 0 Å². The minimum absolute atomic E-state index is 2.12. The topological polar surface area (TPSA) is 0 Å². The SMILES string of the molecule is BrBr.II. The average Bonchev–Trinajstić information content (AvgIpc) is 1.50. The first-order chi connectivity index (χ1) is 2.00. The van der Waals surface area contributed by atoms with Crippen LogP contribution in [0.3, 0.4) is 0 Å². The van der Waals surface area contributed by atoms with Crippen LogP contribution in [0.5, 0.6) is 0 Å². The van der Waals surface area contributed by atoms with Gasteiger partial charge >= 0.3 is 0 Å². The Morgan fingerprint density at radius 1 is 1.00 bits per heavy atom. The molecular weight excluding hydrogens is 414 g/mol. The predicted octanol–water partition coefficient (Wildman–Crippen LogP) is 3.46. The van der Waals surface area contributed by atoms with Crippen molar-refractivity contribution in [1.82, 2.24) is 0 Å². The molecule has 0 saturated heterocycles. The van der Waals surface area contributed by atoms with Crippen molar-refractivity contribution >= 4 is 65.5 Å². The highest BCUT2D eigenvalue weighted by atomic mass is 128. The molecule has 4 heteroatoms. The van der Waals surface area contributed by atoms with Gasteiger partial charge in [0, 0.05) is 65.5 Å². The fraction of sp³-hybridized carbons (Fsp3) is 0. The Labute approximate surface area is 64.3 Å². The van der Waals surface area contributed by atoms with Gasteiger partial charge in [-0.05, 0) is 0 Å². The maximum absolute atomic E-state index is 2.75. The van der Waals surface area contributed by atoms with Gasteiger partial charge in [-0.1, -0.05) is 0 Å². The number of hydrogen-bond donors (Lipinski definition) is 0. The summed E-state index contributed by atoms with van der Waals surface area (Å²) in [6.45, 7) is 0. The van der Waals surface area contributed by atoms with E-state index in [0.717, 1.165) is 0 Å². The fourth-order valence-electron chi connectivity index (χ4n) is 0. The van der Waals surface area contributed by atoms with E-state index in [-0.39, 0.29) is 0 Å². The van der Waals surface area contributed by atoms with Crippen LogP contribution in [0.15, 0.2) is 0 Å². The summed E-state index contributed by atoms with van der Waals surface area (Å²) in [7, 11) is 0. The van der Waals surface area contributed by atoms with Crippen molar-refractivity contribution < 1.29 is 0 Å². The zero-order valence-corrected chi connectivity index (χ0v) is 9.00. The van der Waals surface area contributed by atoms with Gasteiger partial charge in [-0.2, -0.15) is 0 Å². The van der Waals surface area contributed by atoms with Crippen LogP contribution in [0.1, 0.15) is 0 Å². The van der Waals surface area contributed by atoms with Crippen LogP contribution in [0.4, 0.5) is 0 Å². The lowest BCUT2D eigenvalue weighted by molar-refractivity contribution is 7.93. The van der Waals surface area contributed by atoms with Crippen LogP contribution in [-0.4, -0.2) is 0 Å². The van der Waals surface area contributed by atoms with Gasteiger partial charge in [0.25, 0.3) is 0 Å². The van der Waals surface area contributed by atoms with E-state index in [0.29, 0.717) is 0 Å². The summed E-state index contributed by atoms with van der Waals surface area (Å²) in [4.78, 5) is 0. The lowest BCUT2D eigenvalue weighted by Crippen LogP contribution is -0.154. The summed E-state index contributed by atoms with van der Waals surface area (Å²) in [5, 5.41) is 0. The first kappa shape index (κ1) is 9.65. The molecule has 0 unspecified atom stereocenters. The third-order valence-corrected chi connectivity index (χ3v) is 0. The lowest BCUT2D eigenvalue weighted by atomic mass is 78.9. The first-order valence-corrected chi connectivity index (χ1v) is 10.3. The van der Waals surface area contributed by atoms with Crippen LogP contribution in [0, 0.1) is 0 Å². The molecule has 0 atom stereocenters. The van der Waals surface area contributed by atoms with E-state index in [4.69, 9.17) is 0 Å². The largest absolute Gasteiger partial charge is 0 e. The molecule has 0 aliphatic heterocycles. The molecule has 0 aliphatic carbocycles. The summed E-state index contributed by atoms with van der Waals surface area (Å²) in [6.07, 6.45) is 0. The molecule has 0 N–H and O–H groups in total. The third kappa shape index (κ3) is 8.83. The molecule has 0 aromatic carbocycles. The smallest absolute Gasteiger partial charge is 0 e. The lowest BCUT2D eigenvalue weighted by Gasteiger charge is -1.00. The third-order valence-electron chi connectivity index (χ3n) is 0. The molecule has 0 rings (SSSR count). The average molecular weight is 414 g/mol. The summed E-state index contributed by atoms with van der Waals surface area (Å²) >= 11 is 9.74. The zero-order valence-electron chi connectivity index (χ0n) is 1.51. The second-order valence-corrected chi connectivity index (χ2v) is 0. The molecule has 28 valence electrons. The second kappa shape index (κ2) is 18.1. The highest BCUT2D eigenvalue weighted by Crippen LogP contribution is 1.89. The van der Waals surface area contributed by atoms with Gasteiger partial charge in [-0.3, -0.25) is 0 Å². The monoisotopic (exact) mass is 412 g/mol. The van der Waals surface area contributed by atoms with Gasteiger partial charge in [0.05, 0.1) is 0 Å². The van der Waals surface area contributed by atoms with Gasteiger partial charge in [-0.15, -0.1) is 0 Å². The van der Waals surface area contributed by atoms with Gasteiger partial charge in [0.15, 0.2) is 0 Å². The van der Waals surface area contributed by atoms with Crippen LogP contribution in [0.2, 0.25) is 0 Å². The molecule has 0 aromatic heterocycles. The van der Waals surface area contributed by atoms with Crippen molar-refractivity contribution in [1.29, 1.82) is 0 Å². The van der Waals surface area contributed by atoms with Crippen molar-refractivity contribution in [3.8, 4) is 0 Å². The van der Waals surface area contributed by atoms with E-state index in [2.05, 4.69) is 65.5 Å². The van der Waals surface area contributed by atoms with Crippen LogP contribution in [-0.2, 0) is 0 Å². The van der Waals surface area contributed by atoms with Crippen LogP contribution < -0.4 is 0 Å². The molecule has 0 radical (unpaired) electrons. The molecule has 0 fully saturated rings. The van der Waals surface area contributed by atoms with E-state index in [9.17, 15) is 0 Å². The normalized spacial score (nSPS) is 3.00. The standard InChI is InChI=1S/Br2.I2/c2*1-2. The Morgan fingerprint density at radius 3 is 1.00 bits per heavy atom. The predicted molar refractivity (Wildman–Crippen MR) is 45.9 cm³/mol.